The molecule has 168 valence electrons. The number of rotatable bonds is 7. The molecule has 3 rings (SSSR count). The van der Waals surface area contributed by atoms with Gasteiger partial charge in [0.25, 0.3) is 0 Å². The molecule has 2 atom stereocenters. The molecule has 0 aromatic heterocycles. The van der Waals surface area contributed by atoms with Gasteiger partial charge in [-0.15, -0.1) is 0 Å². The van der Waals surface area contributed by atoms with Crippen molar-refractivity contribution in [3.8, 4) is 11.5 Å². The van der Waals surface area contributed by atoms with Crippen molar-refractivity contribution >= 4 is 15.9 Å². The van der Waals surface area contributed by atoms with Gasteiger partial charge in [0.1, 0.15) is 22.2 Å². The number of benzene rings is 2. The molecule has 2 aromatic carbocycles. The molecule has 0 unspecified atom stereocenters. The smallest absolute Gasteiger partial charge is 0.246 e. The highest BCUT2D eigenvalue weighted by Crippen LogP contribution is 2.32. The van der Waals surface area contributed by atoms with E-state index in [1.165, 1.54) is 36.7 Å². The average Bonchev–Trinajstić information content (AvgIpc) is 2.79. The molecular weight excluding hydrogens is 423 g/mol. The van der Waals surface area contributed by atoms with Crippen LogP contribution in [-0.2, 0) is 14.8 Å². The summed E-state index contributed by atoms with van der Waals surface area (Å²) in [4.78, 5) is 12.8. The van der Waals surface area contributed by atoms with Crippen LogP contribution in [0.1, 0.15) is 31.4 Å². The van der Waals surface area contributed by atoms with E-state index in [1.807, 2.05) is 6.92 Å². The Morgan fingerprint density at radius 1 is 1.16 bits per heavy atom. The highest BCUT2D eigenvalue weighted by Gasteiger charge is 2.35. The van der Waals surface area contributed by atoms with E-state index < -0.39 is 15.9 Å². The Hall–Kier alpha value is -2.65. The van der Waals surface area contributed by atoms with Crippen molar-refractivity contribution < 1.29 is 27.1 Å². The number of hydrogen-bond donors (Lipinski definition) is 1. The lowest BCUT2D eigenvalue weighted by atomic mass is 9.98. The van der Waals surface area contributed by atoms with Crippen molar-refractivity contribution in [1.82, 2.24) is 9.62 Å². The van der Waals surface area contributed by atoms with Gasteiger partial charge in [0.15, 0.2) is 0 Å². The maximum atomic E-state index is 13.3. The first-order valence-corrected chi connectivity index (χ1v) is 11.5. The number of nitrogens with zero attached hydrogens (tertiary/aromatic N) is 1. The fourth-order valence-electron chi connectivity index (χ4n) is 3.67. The lowest BCUT2D eigenvalue weighted by Gasteiger charge is -2.32. The van der Waals surface area contributed by atoms with Gasteiger partial charge in [0, 0.05) is 19.2 Å². The molecule has 0 bridgehead atoms. The second-order valence-corrected chi connectivity index (χ2v) is 9.41. The van der Waals surface area contributed by atoms with Gasteiger partial charge >= 0.3 is 0 Å². The van der Waals surface area contributed by atoms with E-state index in [0.29, 0.717) is 25.1 Å². The summed E-state index contributed by atoms with van der Waals surface area (Å²) in [6.07, 6.45) is 1.15. The van der Waals surface area contributed by atoms with Crippen molar-refractivity contribution in [2.45, 2.75) is 30.7 Å². The minimum Gasteiger partial charge on any atom is -0.497 e. The first-order chi connectivity index (χ1) is 14.8. The van der Waals surface area contributed by atoms with E-state index in [1.54, 1.807) is 24.3 Å². The molecular formula is C22H27FN2O5S. The molecule has 2 aromatic rings. The third-order valence-corrected chi connectivity index (χ3v) is 7.36. The SMILES string of the molecule is COc1ccc(OC)c(S(=O)(=O)N2CCC[C@@H](C(=O)N[C@@H](C)c3ccc(F)cc3)C2)c1. The van der Waals surface area contributed by atoms with Crippen LogP contribution in [0.25, 0.3) is 0 Å². The number of sulfonamides is 1. The fourth-order valence-corrected chi connectivity index (χ4v) is 5.36. The second-order valence-electron chi connectivity index (χ2n) is 7.50. The Morgan fingerprint density at radius 2 is 1.87 bits per heavy atom. The number of halogens is 1. The third kappa shape index (κ3) is 5.16. The van der Waals surface area contributed by atoms with Gasteiger partial charge in [0.2, 0.25) is 15.9 Å². The fraction of sp³-hybridized carbons (Fsp3) is 0.409. The molecule has 0 saturated carbocycles. The molecule has 0 aliphatic carbocycles. The molecule has 31 heavy (non-hydrogen) atoms. The lowest BCUT2D eigenvalue weighted by Crippen LogP contribution is -2.45. The quantitative estimate of drug-likeness (QED) is 0.701. The maximum absolute atomic E-state index is 13.3. The van der Waals surface area contributed by atoms with Crippen molar-refractivity contribution in [2.75, 3.05) is 27.3 Å². The van der Waals surface area contributed by atoms with Crippen molar-refractivity contribution in [1.29, 1.82) is 0 Å². The molecule has 1 aliphatic heterocycles. The molecule has 1 amide bonds. The van der Waals surface area contributed by atoms with E-state index in [4.69, 9.17) is 9.47 Å². The van der Waals surface area contributed by atoms with Gasteiger partial charge in [-0.3, -0.25) is 4.79 Å². The Labute approximate surface area is 182 Å². The van der Waals surface area contributed by atoms with E-state index in [0.717, 1.165) is 5.56 Å². The number of hydrogen-bond acceptors (Lipinski definition) is 5. The van der Waals surface area contributed by atoms with Crippen LogP contribution >= 0.6 is 0 Å². The summed E-state index contributed by atoms with van der Waals surface area (Å²) < 4.78 is 51.5. The first-order valence-electron chi connectivity index (χ1n) is 10.0. The molecule has 0 radical (unpaired) electrons. The summed E-state index contributed by atoms with van der Waals surface area (Å²) in [5.41, 5.74) is 0.774. The summed E-state index contributed by atoms with van der Waals surface area (Å²) >= 11 is 0. The zero-order chi connectivity index (χ0) is 22.6. The molecule has 9 heteroatoms. The van der Waals surface area contributed by atoms with E-state index >= 15 is 0 Å². The monoisotopic (exact) mass is 450 g/mol. The van der Waals surface area contributed by atoms with Crippen LogP contribution in [0.4, 0.5) is 4.39 Å². The Balaban J connectivity index is 1.75. The number of nitrogens with one attached hydrogen (secondary N) is 1. The highest BCUT2D eigenvalue weighted by atomic mass is 32.2. The van der Waals surface area contributed by atoms with Crippen LogP contribution in [0.5, 0.6) is 11.5 Å². The molecule has 1 fully saturated rings. The zero-order valence-corrected chi connectivity index (χ0v) is 18.6. The first kappa shape index (κ1) is 23.0. The summed E-state index contributed by atoms with van der Waals surface area (Å²) in [6, 6.07) is 10.2. The predicted molar refractivity (Wildman–Crippen MR) is 114 cm³/mol. The number of carbonyl (C=O) groups excluding carboxylic acids is 1. The summed E-state index contributed by atoms with van der Waals surface area (Å²) in [6.45, 7) is 2.20. The number of amides is 1. The normalized spacial score (nSPS) is 18.3. The Morgan fingerprint density at radius 3 is 2.52 bits per heavy atom. The van der Waals surface area contributed by atoms with Crippen LogP contribution in [-0.4, -0.2) is 45.9 Å². The van der Waals surface area contributed by atoms with Crippen LogP contribution in [0, 0.1) is 11.7 Å². The minimum atomic E-state index is -3.88. The van der Waals surface area contributed by atoms with E-state index in [-0.39, 0.29) is 35.0 Å². The summed E-state index contributed by atoms with van der Waals surface area (Å²) in [7, 11) is -1.02. The molecule has 0 spiro atoms. The predicted octanol–water partition coefficient (Wildman–Crippen LogP) is 3.12. The van der Waals surface area contributed by atoms with Crippen LogP contribution in [0.3, 0.4) is 0 Å². The average molecular weight is 451 g/mol. The molecule has 1 aliphatic rings. The second kappa shape index (κ2) is 9.65. The molecule has 1 saturated heterocycles. The highest BCUT2D eigenvalue weighted by molar-refractivity contribution is 7.89. The zero-order valence-electron chi connectivity index (χ0n) is 17.8. The topological polar surface area (TPSA) is 84.9 Å². The van der Waals surface area contributed by atoms with Gasteiger partial charge < -0.3 is 14.8 Å². The van der Waals surface area contributed by atoms with E-state index in [2.05, 4.69) is 5.32 Å². The van der Waals surface area contributed by atoms with E-state index in [9.17, 15) is 17.6 Å². The maximum Gasteiger partial charge on any atom is 0.246 e. The van der Waals surface area contributed by atoms with Gasteiger partial charge in [-0.05, 0) is 49.6 Å². The number of piperidine rings is 1. The van der Waals surface area contributed by atoms with Crippen LogP contribution in [0.2, 0.25) is 0 Å². The number of ether oxygens (including phenoxy) is 2. The number of carbonyl (C=O) groups is 1. The van der Waals surface area contributed by atoms with Crippen molar-refractivity contribution in [3.63, 3.8) is 0 Å². The van der Waals surface area contributed by atoms with Gasteiger partial charge in [-0.25, -0.2) is 12.8 Å². The van der Waals surface area contributed by atoms with Crippen molar-refractivity contribution in [2.24, 2.45) is 5.92 Å². The standard InChI is InChI=1S/C22H27FN2O5S/c1-15(16-6-8-18(23)9-7-16)24-22(26)17-5-4-12-25(14-17)31(27,28)21-13-19(29-2)10-11-20(21)30-3/h6-11,13,15,17H,4-5,12,14H2,1-3H3,(H,24,26)/t15-,17+/m0/s1. The summed E-state index contributed by atoms with van der Waals surface area (Å²) in [5, 5.41) is 2.91. The lowest BCUT2D eigenvalue weighted by molar-refractivity contribution is -0.126. The van der Waals surface area contributed by atoms with Gasteiger partial charge in [0.05, 0.1) is 26.2 Å². The largest absolute Gasteiger partial charge is 0.497 e. The van der Waals surface area contributed by atoms with Gasteiger partial charge in [-0.2, -0.15) is 4.31 Å². The Kier molecular flexibility index (Phi) is 7.17. The van der Waals surface area contributed by atoms with Crippen LogP contribution < -0.4 is 14.8 Å². The number of methoxy groups -OCH3 is 2. The molecule has 1 heterocycles. The third-order valence-electron chi connectivity index (χ3n) is 5.47. The molecule has 7 nitrogen and oxygen atoms in total. The van der Waals surface area contributed by atoms with Gasteiger partial charge in [-0.1, -0.05) is 12.1 Å². The van der Waals surface area contributed by atoms with Crippen molar-refractivity contribution in [3.05, 3.63) is 53.8 Å². The van der Waals surface area contributed by atoms with Crippen LogP contribution in [0.15, 0.2) is 47.4 Å². The summed E-state index contributed by atoms with van der Waals surface area (Å²) in [5.74, 6) is -0.433. The Bertz CT molecular complexity index is 1030. The minimum absolute atomic E-state index is 0.00934. The molecule has 1 N–H and O–H groups in total.